The molecule has 158 valence electrons. The molecule has 0 bridgehead atoms. The van der Waals surface area contributed by atoms with Crippen LogP contribution in [0.5, 0.6) is 5.75 Å². The molecule has 0 saturated heterocycles. The van der Waals surface area contributed by atoms with Crippen LogP contribution in [0.2, 0.25) is 5.02 Å². The van der Waals surface area contributed by atoms with Gasteiger partial charge in [-0.2, -0.15) is 10.2 Å². The van der Waals surface area contributed by atoms with Crippen molar-refractivity contribution in [2.24, 2.45) is 5.10 Å². The monoisotopic (exact) mass is 439 g/mol. The fourth-order valence-corrected chi connectivity index (χ4v) is 3.62. The van der Waals surface area contributed by atoms with E-state index in [0.717, 1.165) is 10.6 Å². The predicted molar refractivity (Wildman–Crippen MR) is 114 cm³/mol. The maximum Gasteiger partial charge on any atom is 0.320 e. The summed E-state index contributed by atoms with van der Waals surface area (Å²) < 4.78 is 1.33. The Labute approximate surface area is 182 Å². The van der Waals surface area contributed by atoms with Crippen molar-refractivity contribution in [3.05, 3.63) is 86.7 Å². The van der Waals surface area contributed by atoms with Gasteiger partial charge in [0, 0.05) is 23.6 Å². The molecule has 10 heteroatoms. The summed E-state index contributed by atoms with van der Waals surface area (Å²) in [4.78, 5) is 24.2. The van der Waals surface area contributed by atoms with Crippen molar-refractivity contribution >= 4 is 28.9 Å². The summed E-state index contributed by atoms with van der Waals surface area (Å²) in [6.07, 6.45) is 1.54. The second kappa shape index (κ2) is 8.19. The number of aryl methyl sites for hydroxylation is 1. The molecular weight excluding hydrogens is 422 g/mol. The van der Waals surface area contributed by atoms with Crippen LogP contribution in [-0.4, -0.2) is 36.4 Å². The summed E-state index contributed by atoms with van der Waals surface area (Å²) in [5.74, 6) is -0.706. The van der Waals surface area contributed by atoms with Crippen LogP contribution in [0.15, 0.2) is 59.8 Å². The van der Waals surface area contributed by atoms with Gasteiger partial charge in [0.05, 0.1) is 16.7 Å². The van der Waals surface area contributed by atoms with Crippen molar-refractivity contribution in [1.29, 1.82) is 0 Å². The summed E-state index contributed by atoms with van der Waals surface area (Å²) in [7, 11) is 0. The van der Waals surface area contributed by atoms with Gasteiger partial charge in [-0.3, -0.25) is 19.6 Å². The van der Waals surface area contributed by atoms with Gasteiger partial charge < -0.3 is 5.11 Å². The molecule has 4 rings (SSSR count). The molecule has 31 heavy (non-hydrogen) atoms. The molecule has 1 aromatic heterocycles. The predicted octanol–water partition coefficient (Wildman–Crippen LogP) is 4.16. The van der Waals surface area contributed by atoms with Gasteiger partial charge >= 0.3 is 11.6 Å². The Kier molecular flexibility index (Phi) is 5.43. The van der Waals surface area contributed by atoms with E-state index in [-0.39, 0.29) is 11.4 Å². The standard InChI is InChI=1S/C21H18ClN5O4/c1-2-25-12-18(27(30)31)20(24-25)21(29)26-17(15-5-3-4-6-19(15)28)11-16(23-26)13-7-9-14(22)10-8-13/h3-10,12,17,28H,2,11H2,1H3. The van der Waals surface area contributed by atoms with Gasteiger partial charge in [0.1, 0.15) is 11.9 Å². The summed E-state index contributed by atoms with van der Waals surface area (Å²) in [6.45, 7) is 2.14. The van der Waals surface area contributed by atoms with E-state index in [0.29, 0.717) is 29.3 Å². The number of nitro groups is 1. The van der Waals surface area contributed by atoms with Crippen molar-refractivity contribution in [3.63, 3.8) is 0 Å². The number of amides is 1. The first kappa shape index (κ1) is 20.5. The van der Waals surface area contributed by atoms with Gasteiger partial charge in [0.15, 0.2) is 0 Å². The second-order valence-electron chi connectivity index (χ2n) is 6.96. The van der Waals surface area contributed by atoms with Gasteiger partial charge in [0.2, 0.25) is 5.69 Å². The quantitative estimate of drug-likeness (QED) is 0.473. The summed E-state index contributed by atoms with van der Waals surface area (Å²) in [5, 5.41) is 32.2. The first-order chi connectivity index (χ1) is 14.9. The molecule has 0 spiro atoms. The summed E-state index contributed by atoms with van der Waals surface area (Å²) >= 11 is 5.97. The van der Waals surface area contributed by atoms with Crippen molar-refractivity contribution in [1.82, 2.24) is 14.8 Å². The van der Waals surface area contributed by atoms with Crippen molar-refractivity contribution in [2.75, 3.05) is 0 Å². The van der Waals surface area contributed by atoms with Crippen LogP contribution in [0.4, 0.5) is 5.69 Å². The lowest BCUT2D eigenvalue weighted by Crippen LogP contribution is -2.28. The number of para-hydroxylation sites is 1. The molecule has 3 aromatic rings. The van der Waals surface area contributed by atoms with Gasteiger partial charge in [-0.1, -0.05) is 41.9 Å². The number of hydrogen-bond acceptors (Lipinski definition) is 6. The second-order valence-corrected chi connectivity index (χ2v) is 7.39. The minimum absolute atomic E-state index is 0.00597. The maximum absolute atomic E-state index is 13.4. The van der Waals surface area contributed by atoms with Crippen LogP contribution in [0, 0.1) is 10.1 Å². The number of aromatic hydroxyl groups is 1. The first-order valence-electron chi connectivity index (χ1n) is 9.55. The number of carbonyl (C=O) groups excluding carboxylic acids is 1. The Bertz CT molecular complexity index is 1190. The summed E-state index contributed by atoms with van der Waals surface area (Å²) in [6, 6.07) is 13.0. The van der Waals surface area contributed by atoms with E-state index in [1.165, 1.54) is 16.9 Å². The lowest BCUT2D eigenvalue weighted by Gasteiger charge is -2.21. The lowest BCUT2D eigenvalue weighted by atomic mass is 9.97. The Morgan fingerprint density at radius 2 is 1.97 bits per heavy atom. The van der Waals surface area contributed by atoms with Crippen LogP contribution in [0.3, 0.4) is 0 Å². The lowest BCUT2D eigenvalue weighted by molar-refractivity contribution is -0.385. The molecular formula is C21H18ClN5O4. The molecule has 1 unspecified atom stereocenters. The number of hydrazone groups is 1. The number of phenolic OH excluding ortho intramolecular Hbond substituents is 1. The third-order valence-corrected chi connectivity index (χ3v) is 5.31. The fraction of sp³-hybridized carbons (Fsp3) is 0.190. The minimum atomic E-state index is -0.712. The minimum Gasteiger partial charge on any atom is -0.508 e. The van der Waals surface area contributed by atoms with Gasteiger partial charge in [-0.25, -0.2) is 5.01 Å². The van der Waals surface area contributed by atoms with E-state index in [1.807, 2.05) is 0 Å². The smallest absolute Gasteiger partial charge is 0.320 e. The third kappa shape index (κ3) is 3.87. The van der Waals surface area contributed by atoms with E-state index < -0.39 is 22.6 Å². The molecule has 0 fully saturated rings. The highest BCUT2D eigenvalue weighted by molar-refractivity contribution is 6.30. The molecule has 9 nitrogen and oxygen atoms in total. The van der Waals surface area contributed by atoms with Gasteiger partial charge in [-0.15, -0.1) is 0 Å². The molecule has 1 amide bonds. The molecule has 0 saturated carbocycles. The van der Waals surface area contributed by atoms with Crippen molar-refractivity contribution < 1.29 is 14.8 Å². The largest absolute Gasteiger partial charge is 0.508 e. The highest BCUT2D eigenvalue weighted by atomic mass is 35.5. The van der Waals surface area contributed by atoms with Crippen LogP contribution in [-0.2, 0) is 6.54 Å². The molecule has 0 radical (unpaired) electrons. The average Bonchev–Trinajstić information content (AvgIpc) is 3.39. The van der Waals surface area contributed by atoms with E-state index >= 15 is 0 Å². The number of hydrogen-bond donors (Lipinski definition) is 1. The van der Waals surface area contributed by atoms with Crippen LogP contribution in [0.25, 0.3) is 0 Å². The zero-order valence-corrected chi connectivity index (χ0v) is 17.2. The maximum atomic E-state index is 13.4. The molecule has 1 aliphatic heterocycles. The van der Waals surface area contributed by atoms with E-state index in [1.54, 1.807) is 49.4 Å². The van der Waals surface area contributed by atoms with E-state index in [2.05, 4.69) is 10.2 Å². The highest BCUT2D eigenvalue weighted by Crippen LogP contribution is 2.38. The first-order valence-corrected chi connectivity index (χ1v) is 9.93. The normalized spacial score (nSPS) is 15.7. The Hall–Kier alpha value is -3.72. The number of halogens is 1. The number of aromatic nitrogens is 2. The molecule has 0 aliphatic carbocycles. The topological polar surface area (TPSA) is 114 Å². The molecule has 1 aliphatic rings. The summed E-state index contributed by atoms with van der Waals surface area (Å²) in [5.41, 5.74) is 1.15. The number of nitrogens with zero attached hydrogens (tertiary/aromatic N) is 5. The highest BCUT2D eigenvalue weighted by Gasteiger charge is 2.39. The number of carbonyl (C=O) groups is 1. The zero-order chi connectivity index (χ0) is 22.1. The third-order valence-electron chi connectivity index (χ3n) is 5.06. The van der Waals surface area contributed by atoms with Crippen LogP contribution >= 0.6 is 11.6 Å². The average molecular weight is 440 g/mol. The van der Waals surface area contributed by atoms with Crippen LogP contribution in [0.1, 0.15) is 41.0 Å². The molecule has 2 heterocycles. The number of phenols is 1. The molecule has 1 N–H and O–H groups in total. The number of benzene rings is 2. The van der Waals surface area contributed by atoms with E-state index in [9.17, 15) is 20.0 Å². The van der Waals surface area contributed by atoms with E-state index in [4.69, 9.17) is 11.6 Å². The van der Waals surface area contributed by atoms with Crippen molar-refractivity contribution in [2.45, 2.75) is 25.9 Å². The zero-order valence-electron chi connectivity index (χ0n) is 16.5. The molecule has 2 aromatic carbocycles. The van der Waals surface area contributed by atoms with Gasteiger partial charge in [-0.05, 0) is 30.7 Å². The Morgan fingerprint density at radius 3 is 2.61 bits per heavy atom. The SMILES string of the molecule is CCn1cc([N+](=O)[O-])c(C(=O)N2N=C(c3ccc(Cl)cc3)CC2c2ccccc2O)n1. The van der Waals surface area contributed by atoms with Crippen LogP contribution < -0.4 is 0 Å². The van der Waals surface area contributed by atoms with Gasteiger partial charge in [0.25, 0.3) is 0 Å². The fourth-order valence-electron chi connectivity index (χ4n) is 3.49. The molecule has 1 atom stereocenters. The van der Waals surface area contributed by atoms with Crippen molar-refractivity contribution in [3.8, 4) is 5.75 Å². The Balaban J connectivity index is 1.80. The Morgan fingerprint density at radius 1 is 1.26 bits per heavy atom. The number of rotatable bonds is 5.